The number of aliphatic hydroxyl groups excluding tert-OH is 1. The molecule has 4 nitrogen and oxygen atoms in total. The first kappa shape index (κ1) is 9.80. The summed E-state index contributed by atoms with van der Waals surface area (Å²) >= 11 is 0. The molecule has 0 aliphatic rings. The van der Waals surface area contributed by atoms with Gasteiger partial charge in [0.25, 0.3) is 0 Å². The molecule has 0 aliphatic heterocycles. The zero-order chi connectivity index (χ0) is 9.68. The zero-order valence-corrected chi connectivity index (χ0v) is 7.29. The Kier molecular flexibility index (Phi) is 3.52. The number of unbranched alkanes of at least 4 members (excludes halogenated alkanes) is 1. The topological polar surface area (TPSA) is 73.3 Å². The summed E-state index contributed by atoms with van der Waals surface area (Å²) in [6, 6.07) is 1.76. The summed E-state index contributed by atoms with van der Waals surface area (Å²) in [5.74, 6) is -0.927. The van der Waals surface area contributed by atoms with Crippen LogP contribution in [0.4, 0.5) is 0 Å². The molecule has 1 heterocycles. The van der Waals surface area contributed by atoms with E-state index in [4.69, 9.17) is 10.2 Å². The Bertz CT molecular complexity index is 280. The molecule has 0 spiro atoms. The van der Waals surface area contributed by atoms with Crippen LogP contribution in [0.15, 0.2) is 12.3 Å². The average Bonchev–Trinajstić information content (AvgIpc) is 2.53. The third kappa shape index (κ3) is 2.59. The maximum atomic E-state index is 10.6. The first-order chi connectivity index (χ1) is 6.25. The SMILES string of the molecule is O=C(O)c1[nH]ccc1CCCCO. The van der Waals surface area contributed by atoms with E-state index in [1.165, 1.54) is 0 Å². The van der Waals surface area contributed by atoms with Crippen molar-refractivity contribution in [3.05, 3.63) is 23.5 Å². The molecule has 1 aromatic rings. The van der Waals surface area contributed by atoms with Gasteiger partial charge in [0.05, 0.1) is 0 Å². The molecule has 0 saturated heterocycles. The molecule has 0 amide bonds. The van der Waals surface area contributed by atoms with Gasteiger partial charge in [0.1, 0.15) is 5.69 Å². The van der Waals surface area contributed by atoms with Gasteiger partial charge < -0.3 is 15.2 Å². The Morgan fingerprint density at radius 1 is 1.46 bits per heavy atom. The molecule has 0 saturated carbocycles. The Balaban J connectivity index is 2.55. The minimum absolute atomic E-state index is 0.160. The molecule has 0 unspecified atom stereocenters. The lowest BCUT2D eigenvalue weighted by Crippen LogP contribution is -2.01. The highest BCUT2D eigenvalue weighted by Gasteiger charge is 2.09. The van der Waals surface area contributed by atoms with Crippen LogP contribution >= 0.6 is 0 Å². The number of aromatic nitrogens is 1. The predicted molar refractivity (Wildman–Crippen MR) is 47.8 cm³/mol. The van der Waals surface area contributed by atoms with Crippen molar-refractivity contribution >= 4 is 5.97 Å². The van der Waals surface area contributed by atoms with E-state index in [2.05, 4.69) is 4.98 Å². The number of H-pyrrole nitrogens is 1. The highest BCUT2D eigenvalue weighted by molar-refractivity contribution is 5.87. The minimum Gasteiger partial charge on any atom is -0.477 e. The molecule has 0 aliphatic carbocycles. The second-order valence-corrected chi connectivity index (χ2v) is 2.86. The van der Waals surface area contributed by atoms with Crippen LogP contribution in [0.3, 0.4) is 0 Å². The van der Waals surface area contributed by atoms with Gasteiger partial charge in [-0.15, -0.1) is 0 Å². The first-order valence-electron chi connectivity index (χ1n) is 4.26. The maximum Gasteiger partial charge on any atom is 0.352 e. The molecular formula is C9H13NO3. The van der Waals surface area contributed by atoms with Crippen LogP contribution in [-0.4, -0.2) is 27.8 Å². The van der Waals surface area contributed by atoms with E-state index < -0.39 is 5.97 Å². The Morgan fingerprint density at radius 2 is 2.23 bits per heavy atom. The summed E-state index contributed by atoms with van der Waals surface area (Å²) in [6.07, 6.45) is 3.85. The van der Waals surface area contributed by atoms with Crippen molar-refractivity contribution in [3.8, 4) is 0 Å². The van der Waals surface area contributed by atoms with E-state index in [1.807, 2.05) is 0 Å². The zero-order valence-electron chi connectivity index (χ0n) is 7.29. The fourth-order valence-electron chi connectivity index (χ4n) is 1.24. The van der Waals surface area contributed by atoms with Crippen molar-refractivity contribution in [3.63, 3.8) is 0 Å². The lowest BCUT2D eigenvalue weighted by Gasteiger charge is -1.98. The van der Waals surface area contributed by atoms with Gasteiger partial charge in [-0.2, -0.15) is 0 Å². The number of carbonyl (C=O) groups is 1. The summed E-state index contributed by atoms with van der Waals surface area (Å²) in [4.78, 5) is 13.3. The molecule has 72 valence electrons. The van der Waals surface area contributed by atoms with Gasteiger partial charge in [0.2, 0.25) is 0 Å². The lowest BCUT2D eigenvalue weighted by atomic mass is 10.1. The number of aromatic amines is 1. The average molecular weight is 183 g/mol. The van der Waals surface area contributed by atoms with Gasteiger partial charge in [0, 0.05) is 12.8 Å². The van der Waals surface area contributed by atoms with Gasteiger partial charge >= 0.3 is 5.97 Å². The molecule has 0 aromatic carbocycles. The first-order valence-corrected chi connectivity index (χ1v) is 4.26. The second kappa shape index (κ2) is 4.67. The van der Waals surface area contributed by atoms with E-state index in [0.29, 0.717) is 12.8 Å². The fourth-order valence-corrected chi connectivity index (χ4v) is 1.24. The highest BCUT2D eigenvalue weighted by atomic mass is 16.4. The summed E-state index contributed by atoms with van der Waals surface area (Å²) in [5, 5.41) is 17.3. The third-order valence-corrected chi connectivity index (χ3v) is 1.90. The van der Waals surface area contributed by atoms with Crippen LogP contribution in [0.25, 0.3) is 0 Å². The highest BCUT2D eigenvalue weighted by Crippen LogP contribution is 2.10. The molecule has 1 aromatic heterocycles. The van der Waals surface area contributed by atoms with Gasteiger partial charge in [-0.1, -0.05) is 0 Å². The van der Waals surface area contributed by atoms with Gasteiger partial charge in [0.15, 0.2) is 0 Å². The van der Waals surface area contributed by atoms with Crippen LogP contribution in [-0.2, 0) is 6.42 Å². The number of aryl methyl sites for hydroxylation is 1. The third-order valence-electron chi connectivity index (χ3n) is 1.90. The molecule has 3 N–H and O–H groups in total. The van der Waals surface area contributed by atoms with Crippen molar-refractivity contribution in [1.29, 1.82) is 0 Å². The summed E-state index contributed by atoms with van der Waals surface area (Å²) < 4.78 is 0. The second-order valence-electron chi connectivity index (χ2n) is 2.86. The van der Waals surface area contributed by atoms with Crippen LogP contribution < -0.4 is 0 Å². The maximum absolute atomic E-state index is 10.6. The Morgan fingerprint density at radius 3 is 2.85 bits per heavy atom. The minimum atomic E-state index is -0.927. The van der Waals surface area contributed by atoms with E-state index in [1.54, 1.807) is 12.3 Å². The number of hydrogen-bond donors (Lipinski definition) is 3. The van der Waals surface area contributed by atoms with E-state index >= 15 is 0 Å². The van der Waals surface area contributed by atoms with Crippen molar-refractivity contribution in [2.24, 2.45) is 0 Å². The number of aromatic carboxylic acids is 1. The van der Waals surface area contributed by atoms with Crippen molar-refractivity contribution < 1.29 is 15.0 Å². The van der Waals surface area contributed by atoms with Gasteiger partial charge in [-0.25, -0.2) is 4.79 Å². The summed E-state index contributed by atoms with van der Waals surface area (Å²) in [6.45, 7) is 0.160. The largest absolute Gasteiger partial charge is 0.477 e. The van der Waals surface area contributed by atoms with Crippen LogP contribution in [0.5, 0.6) is 0 Å². The Labute approximate surface area is 76.2 Å². The fraction of sp³-hybridized carbons (Fsp3) is 0.444. The molecular weight excluding hydrogens is 170 g/mol. The summed E-state index contributed by atoms with van der Waals surface area (Å²) in [7, 11) is 0. The number of carboxylic acid groups (broad SMARTS) is 1. The quantitative estimate of drug-likeness (QED) is 0.597. The number of aliphatic hydroxyl groups is 1. The Hall–Kier alpha value is -1.29. The van der Waals surface area contributed by atoms with Crippen molar-refractivity contribution in [2.45, 2.75) is 19.3 Å². The molecule has 0 bridgehead atoms. The molecule has 4 heteroatoms. The van der Waals surface area contributed by atoms with E-state index in [0.717, 1.165) is 12.0 Å². The monoisotopic (exact) mass is 183 g/mol. The predicted octanol–water partition coefficient (Wildman–Crippen LogP) is 1.03. The molecule has 13 heavy (non-hydrogen) atoms. The van der Waals surface area contributed by atoms with Crippen molar-refractivity contribution in [2.75, 3.05) is 6.61 Å². The van der Waals surface area contributed by atoms with Crippen molar-refractivity contribution in [1.82, 2.24) is 4.98 Å². The number of nitrogens with one attached hydrogen (secondary N) is 1. The normalized spacial score (nSPS) is 10.2. The number of carboxylic acids is 1. The molecule has 0 atom stereocenters. The van der Waals surface area contributed by atoms with Gasteiger partial charge in [-0.05, 0) is 30.9 Å². The lowest BCUT2D eigenvalue weighted by molar-refractivity contribution is 0.0690. The number of hydrogen-bond acceptors (Lipinski definition) is 2. The smallest absolute Gasteiger partial charge is 0.352 e. The van der Waals surface area contributed by atoms with Gasteiger partial charge in [-0.3, -0.25) is 0 Å². The van der Waals surface area contributed by atoms with Crippen LogP contribution in [0.1, 0.15) is 28.9 Å². The van der Waals surface area contributed by atoms with E-state index in [-0.39, 0.29) is 12.3 Å². The molecule has 1 rings (SSSR count). The number of rotatable bonds is 5. The van der Waals surface area contributed by atoms with E-state index in [9.17, 15) is 4.79 Å². The standard InChI is InChI=1S/C9H13NO3/c11-6-2-1-3-7-4-5-10-8(7)9(12)13/h4-5,10-11H,1-3,6H2,(H,12,13). The molecule has 0 radical (unpaired) electrons. The summed E-state index contributed by atoms with van der Waals surface area (Å²) in [5.41, 5.74) is 1.07. The van der Waals surface area contributed by atoms with Crippen LogP contribution in [0.2, 0.25) is 0 Å². The molecule has 0 fully saturated rings. The van der Waals surface area contributed by atoms with Crippen LogP contribution in [0, 0.1) is 0 Å².